The van der Waals surface area contributed by atoms with Crippen LogP contribution >= 0.6 is 27.5 Å². The molecule has 0 fully saturated rings. The van der Waals surface area contributed by atoms with E-state index in [1.807, 2.05) is 31.2 Å². The van der Waals surface area contributed by atoms with Gasteiger partial charge < -0.3 is 10.6 Å². The maximum absolute atomic E-state index is 12.4. The highest BCUT2D eigenvalue weighted by Gasteiger charge is 2.19. The van der Waals surface area contributed by atoms with Crippen molar-refractivity contribution in [3.63, 3.8) is 0 Å². The number of aryl methyl sites for hydroxylation is 1. The average Bonchev–Trinajstić information content (AvgIpc) is 2.49. The Bertz CT molecular complexity index is 764. The third-order valence-corrected chi connectivity index (χ3v) is 4.45. The van der Waals surface area contributed by atoms with Crippen molar-refractivity contribution in [2.75, 3.05) is 5.32 Å². The second kappa shape index (κ2) is 8.31. The molecule has 24 heavy (non-hydrogen) atoms. The molecule has 6 heteroatoms. The Morgan fingerprint density at radius 1 is 1.21 bits per heavy atom. The molecule has 2 N–H and O–H groups in total. The van der Waals surface area contributed by atoms with Gasteiger partial charge in [-0.3, -0.25) is 9.59 Å². The van der Waals surface area contributed by atoms with Gasteiger partial charge in [0.15, 0.2) is 0 Å². The van der Waals surface area contributed by atoms with Gasteiger partial charge in [-0.05, 0) is 52.2 Å². The van der Waals surface area contributed by atoms with E-state index < -0.39 is 6.04 Å². The van der Waals surface area contributed by atoms with E-state index in [1.165, 1.54) is 6.92 Å². The molecule has 2 aromatic rings. The van der Waals surface area contributed by atoms with Gasteiger partial charge in [0.2, 0.25) is 11.8 Å². The lowest BCUT2D eigenvalue weighted by molar-refractivity contribution is -0.120. The number of halogens is 2. The second-order valence-corrected chi connectivity index (χ2v) is 6.77. The van der Waals surface area contributed by atoms with Gasteiger partial charge in [-0.2, -0.15) is 0 Å². The van der Waals surface area contributed by atoms with Crippen LogP contribution in [0.2, 0.25) is 5.02 Å². The molecule has 4 nitrogen and oxygen atoms in total. The average molecular weight is 410 g/mol. The van der Waals surface area contributed by atoms with Crippen LogP contribution in [0.3, 0.4) is 0 Å². The Labute approximate surface area is 154 Å². The summed E-state index contributed by atoms with van der Waals surface area (Å²) in [5.74, 6) is -0.428. The van der Waals surface area contributed by atoms with Crippen LogP contribution in [0.5, 0.6) is 0 Å². The summed E-state index contributed by atoms with van der Waals surface area (Å²) < 4.78 is 0.810. The molecule has 0 aromatic heterocycles. The fourth-order valence-electron chi connectivity index (χ4n) is 2.35. The van der Waals surface area contributed by atoms with Crippen molar-refractivity contribution < 1.29 is 9.59 Å². The second-order valence-electron chi connectivity index (χ2n) is 5.51. The lowest BCUT2D eigenvalue weighted by Gasteiger charge is -2.19. The Balaban J connectivity index is 2.15. The number of rotatable bonds is 5. The van der Waals surface area contributed by atoms with Crippen LogP contribution in [0.1, 0.15) is 30.5 Å². The van der Waals surface area contributed by atoms with E-state index in [4.69, 9.17) is 11.6 Å². The highest BCUT2D eigenvalue weighted by Crippen LogP contribution is 2.27. The van der Waals surface area contributed by atoms with Crippen LogP contribution < -0.4 is 10.6 Å². The molecule has 0 radical (unpaired) electrons. The quantitative estimate of drug-likeness (QED) is 0.757. The Kier molecular flexibility index (Phi) is 6.40. The predicted molar refractivity (Wildman–Crippen MR) is 100 cm³/mol. The normalized spacial score (nSPS) is 11.7. The third kappa shape index (κ3) is 5.08. The largest absolute Gasteiger partial charge is 0.349 e. The fourth-order valence-corrected chi connectivity index (χ4v) is 3.21. The summed E-state index contributed by atoms with van der Waals surface area (Å²) in [6.07, 6.45) is 0.0869. The minimum absolute atomic E-state index is 0.0869. The summed E-state index contributed by atoms with van der Waals surface area (Å²) in [6.45, 7) is 3.39. The molecule has 0 aliphatic carbocycles. The maximum Gasteiger partial charge on any atom is 0.226 e. The number of anilines is 1. The molecule has 0 aliphatic heterocycles. The molecule has 0 aliphatic rings. The van der Waals surface area contributed by atoms with Gasteiger partial charge in [-0.1, -0.05) is 35.9 Å². The van der Waals surface area contributed by atoms with Gasteiger partial charge in [0.05, 0.1) is 18.2 Å². The van der Waals surface area contributed by atoms with E-state index >= 15 is 0 Å². The smallest absolute Gasteiger partial charge is 0.226 e. The van der Waals surface area contributed by atoms with Crippen molar-refractivity contribution in [3.8, 4) is 0 Å². The van der Waals surface area contributed by atoms with Gasteiger partial charge >= 0.3 is 0 Å². The SMILES string of the molecule is CC(=O)NC(CC(=O)Nc1ccc(C)cc1Br)c1ccccc1Cl. The summed E-state index contributed by atoms with van der Waals surface area (Å²) in [6, 6.07) is 12.4. The molecule has 0 saturated heterocycles. The van der Waals surface area contributed by atoms with E-state index in [2.05, 4.69) is 26.6 Å². The number of amides is 2. The van der Waals surface area contributed by atoms with Crippen molar-refractivity contribution in [1.29, 1.82) is 0 Å². The lowest BCUT2D eigenvalue weighted by Crippen LogP contribution is -2.30. The molecule has 0 spiro atoms. The van der Waals surface area contributed by atoms with E-state index in [1.54, 1.807) is 18.2 Å². The van der Waals surface area contributed by atoms with Crippen molar-refractivity contribution in [1.82, 2.24) is 5.32 Å². The maximum atomic E-state index is 12.4. The Morgan fingerprint density at radius 3 is 2.54 bits per heavy atom. The first-order valence-electron chi connectivity index (χ1n) is 7.44. The number of carbonyl (C=O) groups is 2. The summed E-state index contributed by atoms with van der Waals surface area (Å²) in [4.78, 5) is 23.9. The molecule has 0 heterocycles. The first-order valence-corrected chi connectivity index (χ1v) is 8.61. The number of carbonyl (C=O) groups excluding carboxylic acids is 2. The highest BCUT2D eigenvalue weighted by atomic mass is 79.9. The van der Waals surface area contributed by atoms with E-state index in [9.17, 15) is 9.59 Å². The molecule has 1 atom stereocenters. The predicted octanol–water partition coefficient (Wildman–Crippen LogP) is 4.62. The van der Waals surface area contributed by atoms with Gasteiger partial charge in [0.25, 0.3) is 0 Å². The van der Waals surface area contributed by atoms with Crippen molar-refractivity contribution in [3.05, 3.63) is 63.1 Å². The number of hydrogen-bond acceptors (Lipinski definition) is 2. The van der Waals surface area contributed by atoms with Crippen molar-refractivity contribution in [2.24, 2.45) is 0 Å². The minimum atomic E-state index is -0.486. The molecular weight excluding hydrogens is 392 g/mol. The van der Waals surface area contributed by atoms with Crippen LogP contribution in [-0.4, -0.2) is 11.8 Å². The van der Waals surface area contributed by atoms with Gasteiger partial charge in [-0.25, -0.2) is 0 Å². The molecule has 126 valence electrons. The van der Waals surface area contributed by atoms with Crippen LogP contribution in [-0.2, 0) is 9.59 Å². The van der Waals surface area contributed by atoms with Crippen LogP contribution in [0, 0.1) is 6.92 Å². The zero-order valence-corrected chi connectivity index (χ0v) is 15.7. The standard InChI is InChI=1S/C18H18BrClN2O2/c1-11-7-8-16(14(19)9-11)22-18(24)10-17(21-12(2)23)13-5-3-4-6-15(13)20/h3-9,17H,10H2,1-2H3,(H,21,23)(H,22,24). The zero-order chi connectivity index (χ0) is 17.7. The van der Waals surface area contributed by atoms with E-state index in [0.29, 0.717) is 16.3 Å². The lowest BCUT2D eigenvalue weighted by atomic mass is 10.0. The van der Waals surface area contributed by atoms with Crippen LogP contribution in [0.25, 0.3) is 0 Å². The number of hydrogen-bond donors (Lipinski definition) is 2. The summed E-state index contributed by atoms with van der Waals surface area (Å²) in [5.41, 5.74) is 2.49. The Hall–Kier alpha value is -1.85. The molecule has 0 bridgehead atoms. The number of nitrogens with one attached hydrogen (secondary N) is 2. The van der Waals surface area contributed by atoms with Gasteiger partial charge in [-0.15, -0.1) is 0 Å². The first-order chi connectivity index (χ1) is 11.4. The topological polar surface area (TPSA) is 58.2 Å². The van der Waals surface area contributed by atoms with Crippen molar-refractivity contribution in [2.45, 2.75) is 26.3 Å². The molecule has 1 unspecified atom stereocenters. The minimum Gasteiger partial charge on any atom is -0.349 e. The van der Waals surface area contributed by atoms with Gasteiger partial charge in [0, 0.05) is 16.4 Å². The molecule has 2 aromatic carbocycles. The summed E-state index contributed by atoms with van der Waals surface area (Å²) in [5, 5.41) is 6.15. The van der Waals surface area contributed by atoms with Crippen molar-refractivity contribution >= 4 is 45.0 Å². The van der Waals surface area contributed by atoms with Crippen LogP contribution in [0.15, 0.2) is 46.9 Å². The van der Waals surface area contributed by atoms with Gasteiger partial charge in [0.1, 0.15) is 0 Å². The third-order valence-electron chi connectivity index (χ3n) is 3.45. The summed E-state index contributed by atoms with van der Waals surface area (Å²) in [7, 11) is 0. The highest BCUT2D eigenvalue weighted by molar-refractivity contribution is 9.10. The zero-order valence-electron chi connectivity index (χ0n) is 13.4. The summed E-state index contributed by atoms with van der Waals surface area (Å²) >= 11 is 9.63. The Morgan fingerprint density at radius 2 is 1.92 bits per heavy atom. The fraction of sp³-hybridized carbons (Fsp3) is 0.222. The molecule has 2 rings (SSSR count). The molecule has 2 amide bonds. The van der Waals surface area contributed by atoms with Crippen LogP contribution in [0.4, 0.5) is 5.69 Å². The number of benzene rings is 2. The monoisotopic (exact) mass is 408 g/mol. The molecular formula is C18H18BrClN2O2. The first kappa shape index (κ1) is 18.5. The van der Waals surface area contributed by atoms with E-state index in [-0.39, 0.29) is 18.2 Å². The van der Waals surface area contributed by atoms with E-state index in [0.717, 1.165) is 10.0 Å². The molecule has 0 saturated carbocycles.